The fourth-order valence-corrected chi connectivity index (χ4v) is 13.7. The maximum atomic E-state index is 14.9. The van der Waals surface area contributed by atoms with Crippen molar-refractivity contribution in [2.75, 3.05) is 48.6 Å². The van der Waals surface area contributed by atoms with E-state index < -0.39 is 16.2 Å². The quantitative estimate of drug-likeness (QED) is 0.143. The first kappa shape index (κ1) is 44.8. The number of hydrogen-bond acceptors (Lipinski definition) is 6. The summed E-state index contributed by atoms with van der Waals surface area (Å²) in [7, 11) is 3.38. The first-order valence-corrected chi connectivity index (χ1v) is 26.2. The molecule has 6 aliphatic rings. The molecule has 0 saturated carbocycles. The average molecular weight is 1110 g/mol. The molecule has 0 radical (unpaired) electrons. The van der Waals surface area contributed by atoms with Gasteiger partial charge in [0.2, 0.25) is 17.7 Å². The number of carbonyl (C=O) groups excluding carboxylic acids is 3. The number of anilines is 3. The summed E-state index contributed by atoms with van der Waals surface area (Å²) in [6.07, 6.45) is 6.52. The molecule has 3 fully saturated rings. The Morgan fingerprint density at radius 3 is 1.64 bits per heavy atom. The number of nitrogens with zero attached hydrogens (tertiary/aromatic N) is 3. The van der Waals surface area contributed by atoms with Crippen LogP contribution in [0.25, 0.3) is 11.1 Å². The van der Waals surface area contributed by atoms with Gasteiger partial charge in [-0.15, -0.1) is 0 Å². The van der Waals surface area contributed by atoms with Gasteiger partial charge >= 0.3 is 0 Å². The van der Waals surface area contributed by atoms with Crippen LogP contribution in [0.5, 0.6) is 17.2 Å². The lowest BCUT2D eigenvalue weighted by Crippen LogP contribution is -2.35. The van der Waals surface area contributed by atoms with E-state index in [4.69, 9.17) is 14.2 Å². The average Bonchev–Trinajstić information content (AvgIpc) is 4.21. The highest BCUT2D eigenvalue weighted by molar-refractivity contribution is 9.11. The summed E-state index contributed by atoms with van der Waals surface area (Å²) >= 11 is 11.1. The summed E-state index contributed by atoms with van der Waals surface area (Å²) in [5.41, 5.74) is 11.1. The minimum atomic E-state index is -0.573. The number of benzene rings is 6. The first-order valence-electron chi connectivity index (χ1n) is 23.8. The van der Waals surface area contributed by atoms with E-state index in [-0.39, 0.29) is 24.3 Å². The van der Waals surface area contributed by atoms with Gasteiger partial charge in [0.1, 0.15) is 23.9 Å². The zero-order valence-electron chi connectivity index (χ0n) is 38.5. The Morgan fingerprint density at radius 1 is 0.478 bits per heavy atom. The smallest absolute Gasteiger partial charge is 0.233 e. The third kappa shape index (κ3) is 7.45. The lowest BCUT2D eigenvalue weighted by molar-refractivity contribution is -0.125. The number of halogens is 3. The van der Waals surface area contributed by atoms with Crippen LogP contribution in [-0.4, -0.2) is 51.6 Å². The second kappa shape index (κ2) is 16.9. The van der Waals surface area contributed by atoms with Crippen molar-refractivity contribution in [3.05, 3.63) is 162 Å². The van der Waals surface area contributed by atoms with Crippen LogP contribution in [0.3, 0.4) is 0 Å². The molecule has 3 amide bonds. The van der Waals surface area contributed by atoms with Crippen molar-refractivity contribution >= 4 is 82.6 Å². The number of methoxy groups -OCH3 is 2. The summed E-state index contributed by atoms with van der Waals surface area (Å²) in [6.45, 7) is 2.26. The molecule has 0 N–H and O–H groups in total. The van der Waals surface area contributed by atoms with Crippen molar-refractivity contribution in [2.24, 2.45) is 16.2 Å². The lowest BCUT2D eigenvalue weighted by atomic mass is 9.83. The van der Waals surface area contributed by atoms with Crippen LogP contribution in [0.4, 0.5) is 17.1 Å². The Balaban J connectivity index is 0.749. The molecule has 69 heavy (non-hydrogen) atoms. The first-order chi connectivity index (χ1) is 33.4. The molecule has 12 heteroatoms. The standard InChI is InChI=1S/C57H50Br3N3O6/c1-67-45-11-3-34-27-56(29-36(34)22-45)16-19-62(53(56)65)44-10-13-49(60)47(26-44)48-24-38-31-57(32-39(38)25-51(48)68-2)17-20-63(54(57)66)50-14-7-42(59)21-40(50)33-69-46-12-4-35-28-55(30-37(35)23-46)15-18-61(52(55)64)43-8-5-41(58)6-9-43/h3-14,21-26H,15-20,27-33H2,1-2H3. The van der Waals surface area contributed by atoms with Crippen molar-refractivity contribution in [3.63, 3.8) is 0 Å². The van der Waals surface area contributed by atoms with E-state index in [1.165, 1.54) is 16.7 Å². The predicted molar refractivity (Wildman–Crippen MR) is 279 cm³/mol. The number of amides is 3. The second-order valence-electron chi connectivity index (χ2n) is 20.1. The van der Waals surface area contributed by atoms with E-state index in [9.17, 15) is 14.4 Å². The van der Waals surface area contributed by atoms with Crippen molar-refractivity contribution < 1.29 is 28.6 Å². The van der Waals surface area contributed by atoms with Gasteiger partial charge < -0.3 is 28.9 Å². The molecule has 0 aromatic heterocycles. The normalized spacial score (nSPS) is 23.3. The van der Waals surface area contributed by atoms with E-state index in [1.54, 1.807) is 14.2 Å². The summed E-state index contributed by atoms with van der Waals surface area (Å²) in [5, 5.41) is 0. The van der Waals surface area contributed by atoms with Gasteiger partial charge in [-0.3, -0.25) is 14.4 Å². The van der Waals surface area contributed by atoms with E-state index in [0.29, 0.717) is 38.9 Å². The molecule has 12 rings (SSSR count). The van der Waals surface area contributed by atoms with Crippen LogP contribution in [0.15, 0.2) is 123 Å². The molecule has 3 saturated heterocycles. The molecule has 3 aliphatic carbocycles. The molecule has 3 spiro atoms. The molecule has 0 bridgehead atoms. The largest absolute Gasteiger partial charge is 0.497 e. The van der Waals surface area contributed by atoms with Crippen molar-refractivity contribution in [1.29, 1.82) is 0 Å². The molecular formula is C57H50Br3N3O6. The van der Waals surface area contributed by atoms with Gasteiger partial charge in [-0.05, 0) is 188 Å². The Bertz CT molecular complexity index is 3160. The molecule has 3 atom stereocenters. The lowest BCUT2D eigenvalue weighted by Gasteiger charge is -2.25. The Hall–Kier alpha value is -5.43. The van der Waals surface area contributed by atoms with Crippen LogP contribution in [-0.2, 0) is 59.5 Å². The topological polar surface area (TPSA) is 88.6 Å². The molecule has 3 heterocycles. The highest BCUT2D eigenvalue weighted by Gasteiger charge is 2.53. The Morgan fingerprint density at radius 2 is 1.00 bits per heavy atom. The molecule has 9 nitrogen and oxygen atoms in total. The molecule has 6 aromatic carbocycles. The van der Waals surface area contributed by atoms with Gasteiger partial charge in [0.05, 0.1) is 36.2 Å². The number of rotatable bonds is 9. The number of carbonyl (C=O) groups is 3. The van der Waals surface area contributed by atoms with Gasteiger partial charge in [-0.2, -0.15) is 0 Å². The highest BCUT2D eigenvalue weighted by atomic mass is 79.9. The van der Waals surface area contributed by atoms with E-state index in [0.717, 1.165) is 120 Å². The van der Waals surface area contributed by atoms with E-state index >= 15 is 0 Å². The van der Waals surface area contributed by atoms with Crippen LogP contribution >= 0.6 is 47.8 Å². The number of fused-ring (bicyclic) bond motifs is 3. The molecular weight excluding hydrogens is 1060 g/mol. The molecule has 6 aromatic rings. The minimum absolute atomic E-state index is 0.126. The molecule has 3 unspecified atom stereocenters. The predicted octanol–water partition coefficient (Wildman–Crippen LogP) is 11.8. The van der Waals surface area contributed by atoms with Gasteiger partial charge in [-0.25, -0.2) is 0 Å². The second-order valence-corrected chi connectivity index (χ2v) is 22.8. The summed E-state index contributed by atoms with van der Waals surface area (Å²) in [6, 6.07) is 36.9. The van der Waals surface area contributed by atoms with E-state index in [2.05, 4.69) is 96.3 Å². The number of hydrogen-bond donors (Lipinski definition) is 0. The fourth-order valence-electron chi connectivity index (χ4n) is 12.6. The van der Waals surface area contributed by atoms with Gasteiger partial charge in [0.25, 0.3) is 0 Å². The zero-order valence-corrected chi connectivity index (χ0v) is 43.3. The maximum Gasteiger partial charge on any atom is 0.233 e. The van der Waals surface area contributed by atoms with Gasteiger partial charge in [0.15, 0.2) is 0 Å². The summed E-state index contributed by atoms with van der Waals surface area (Å²) < 4.78 is 20.9. The third-order valence-corrected chi connectivity index (χ3v) is 18.0. The SMILES string of the molecule is COc1ccc2c(c1)CC1(CCN(c3ccc(Br)c(-c4cc5c(cc4OC)CC4(CCN(c6ccc(Br)cc6COc6ccc7c(c6)CC6(CCN(c8ccc(Br)cc8)C6=O)C7)C4=O)C5)c3)C1=O)C2. The molecule has 3 aliphatic heterocycles. The van der Waals surface area contributed by atoms with Gasteiger partial charge in [0, 0.05) is 61.1 Å². The van der Waals surface area contributed by atoms with Crippen molar-refractivity contribution in [1.82, 2.24) is 0 Å². The minimum Gasteiger partial charge on any atom is -0.497 e. The Labute approximate surface area is 427 Å². The summed E-state index contributed by atoms with van der Waals surface area (Å²) in [4.78, 5) is 49.0. The van der Waals surface area contributed by atoms with E-state index in [1.807, 2.05) is 75.4 Å². The van der Waals surface area contributed by atoms with Crippen molar-refractivity contribution in [3.8, 4) is 28.4 Å². The van der Waals surface area contributed by atoms with Crippen LogP contribution < -0.4 is 28.9 Å². The van der Waals surface area contributed by atoms with Crippen LogP contribution in [0, 0.1) is 16.2 Å². The monoisotopic (exact) mass is 1110 g/mol. The highest BCUT2D eigenvalue weighted by Crippen LogP contribution is 2.52. The number of ether oxygens (including phenoxy) is 3. The summed E-state index contributed by atoms with van der Waals surface area (Å²) in [5.74, 6) is 2.80. The van der Waals surface area contributed by atoms with Crippen molar-refractivity contribution in [2.45, 2.75) is 64.4 Å². The van der Waals surface area contributed by atoms with Crippen LogP contribution in [0.2, 0.25) is 0 Å². The maximum absolute atomic E-state index is 14.9. The Kier molecular flexibility index (Phi) is 10.9. The molecule has 350 valence electrons. The zero-order chi connectivity index (χ0) is 47.4. The van der Waals surface area contributed by atoms with Gasteiger partial charge in [-0.1, -0.05) is 59.9 Å². The third-order valence-electron chi connectivity index (χ3n) is 16.2. The fraction of sp³-hybridized carbons (Fsp3) is 0.316. The van der Waals surface area contributed by atoms with Crippen LogP contribution in [0.1, 0.15) is 58.2 Å².